The number of rotatable bonds is 1. The van der Waals surface area contributed by atoms with Crippen LogP contribution in [0.1, 0.15) is 4.88 Å². The van der Waals surface area contributed by atoms with Crippen molar-refractivity contribution in [3.05, 3.63) is 36.8 Å². The number of nitrogens with zero attached hydrogens (tertiary/aromatic N) is 1. The Bertz CT molecular complexity index is 521. The van der Waals surface area contributed by atoms with Crippen molar-refractivity contribution in [2.45, 2.75) is 6.92 Å². The summed E-state index contributed by atoms with van der Waals surface area (Å²) in [4.78, 5) is 11.3. The zero-order valence-electron chi connectivity index (χ0n) is 7.28. The molecule has 0 aliphatic carbocycles. The second-order valence-corrected chi connectivity index (χ2v) is 5.27. The molecule has 0 atom stereocenters. The highest BCUT2D eigenvalue weighted by Crippen LogP contribution is 2.38. The van der Waals surface area contributed by atoms with Gasteiger partial charge < -0.3 is 0 Å². The molecule has 14 heavy (non-hydrogen) atoms. The van der Waals surface area contributed by atoms with E-state index < -0.39 is 0 Å². The third-order valence-corrected chi connectivity index (χ3v) is 4.40. The Kier molecular flexibility index (Phi) is 2.44. The van der Waals surface area contributed by atoms with Crippen molar-refractivity contribution in [3.63, 3.8) is 0 Å². The summed E-state index contributed by atoms with van der Waals surface area (Å²) in [6.45, 7) is 1.79. The van der Waals surface area contributed by atoms with Gasteiger partial charge in [-0.1, -0.05) is 6.07 Å². The van der Waals surface area contributed by atoms with Gasteiger partial charge in [-0.25, -0.2) is 0 Å². The van der Waals surface area contributed by atoms with Crippen LogP contribution >= 0.6 is 33.9 Å². The monoisotopic (exact) mass is 319 g/mol. The number of aryl methyl sites for hydroxylation is 1. The molecule has 0 spiro atoms. The number of fused-ring (bicyclic) bond motifs is 1. The number of halogens is 1. The van der Waals surface area contributed by atoms with Crippen molar-refractivity contribution in [2.75, 3.05) is 0 Å². The van der Waals surface area contributed by atoms with Crippen molar-refractivity contribution in [3.8, 4) is 0 Å². The van der Waals surface area contributed by atoms with Gasteiger partial charge in [-0.15, -0.1) is 11.3 Å². The summed E-state index contributed by atoms with van der Waals surface area (Å²) in [5, 5.41) is 11.6. The van der Waals surface area contributed by atoms with Gasteiger partial charge in [0.15, 0.2) is 0 Å². The van der Waals surface area contributed by atoms with E-state index in [1.165, 1.54) is 11.3 Å². The summed E-state index contributed by atoms with van der Waals surface area (Å²) in [5.74, 6) is 0. The van der Waals surface area contributed by atoms with Gasteiger partial charge in [-0.2, -0.15) is 0 Å². The van der Waals surface area contributed by atoms with E-state index >= 15 is 0 Å². The second kappa shape index (κ2) is 3.47. The molecule has 5 heteroatoms. The molecule has 0 aliphatic rings. The van der Waals surface area contributed by atoms with E-state index in [0.29, 0.717) is 0 Å². The first-order valence-electron chi connectivity index (χ1n) is 3.93. The lowest BCUT2D eigenvalue weighted by molar-refractivity contribution is -0.383. The Hall–Kier alpha value is -0.690. The minimum absolute atomic E-state index is 0.253. The second-order valence-electron chi connectivity index (χ2n) is 2.88. The topological polar surface area (TPSA) is 43.1 Å². The van der Waals surface area contributed by atoms with Crippen molar-refractivity contribution in [1.29, 1.82) is 0 Å². The van der Waals surface area contributed by atoms with Crippen LogP contribution < -0.4 is 0 Å². The molecule has 1 heterocycles. The maximum atomic E-state index is 10.8. The summed E-state index contributed by atoms with van der Waals surface area (Å²) in [7, 11) is 0. The molecule has 2 rings (SSSR count). The fraction of sp³-hybridized carbons (Fsp3) is 0.111. The summed E-state index contributed by atoms with van der Waals surface area (Å²) in [5.41, 5.74) is 0.253. The van der Waals surface area contributed by atoms with Crippen molar-refractivity contribution < 1.29 is 4.92 Å². The van der Waals surface area contributed by atoms with E-state index in [4.69, 9.17) is 0 Å². The number of benzene rings is 1. The average molecular weight is 319 g/mol. The lowest BCUT2D eigenvalue weighted by Crippen LogP contribution is -1.87. The van der Waals surface area contributed by atoms with Gasteiger partial charge in [0.25, 0.3) is 5.69 Å². The van der Waals surface area contributed by atoms with Gasteiger partial charge in [0.2, 0.25) is 0 Å². The molecule has 0 saturated carbocycles. The molecule has 1 aromatic heterocycles. The molecule has 0 N–H and O–H groups in total. The predicted molar refractivity (Wildman–Crippen MR) is 65.9 cm³/mol. The zero-order chi connectivity index (χ0) is 10.3. The van der Waals surface area contributed by atoms with Gasteiger partial charge in [0, 0.05) is 3.57 Å². The highest BCUT2D eigenvalue weighted by atomic mass is 127. The molecule has 0 radical (unpaired) electrons. The van der Waals surface area contributed by atoms with Crippen LogP contribution in [0.15, 0.2) is 18.2 Å². The maximum absolute atomic E-state index is 10.8. The molecular weight excluding hydrogens is 313 g/mol. The number of nitro groups is 1. The first-order valence-corrected chi connectivity index (χ1v) is 5.83. The minimum atomic E-state index is -0.301. The predicted octanol–water partition coefficient (Wildman–Crippen LogP) is 3.72. The number of hydrogen-bond acceptors (Lipinski definition) is 3. The molecule has 0 amide bonds. The van der Waals surface area contributed by atoms with Crippen LogP contribution in [0.4, 0.5) is 5.69 Å². The zero-order valence-corrected chi connectivity index (χ0v) is 10.3. The highest BCUT2D eigenvalue weighted by molar-refractivity contribution is 14.1. The normalized spacial score (nSPS) is 10.7. The largest absolute Gasteiger partial charge is 0.290 e. The molecule has 0 unspecified atom stereocenters. The van der Waals surface area contributed by atoms with Gasteiger partial charge >= 0.3 is 0 Å². The molecule has 3 nitrogen and oxygen atoms in total. The first-order chi connectivity index (χ1) is 6.61. The Balaban J connectivity index is 2.90. The van der Waals surface area contributed by atoms with Crippen LogP contribution in [0.5, 0.6) is 0 Å². The van der Waals surface area contributed by atoms with Crippen LogP contribution in [0.25, 0.3) is 10.1 Å². The molecule has 1 aromatic carbocycles. The average Bonchev–Trinajstić information content (AvgIpc) is 2.42. The van der Waals surface area contributed by atoms with Crippen LogP contribution in [-0.4, -0.2) is 4.92 Å². The molecule has 2 aromatic rings. The van der Waals surface area contributed by atoms with Crippen LogP contribution in [0.3, 0.4) is 0 Å². The Morgan fingerprint density at radius 3 is 2.86 bits per heavy atom. The van der Waals surface area contributed by atoms with E-state index in [1.54, 1.807) is 13.0 Å². The fourth-order valence-electron chi connectivity index (χ4n) is 1.42. The smallest absolute Gasteiger partial charge is 0.258 e. The SMILES string of the molecule is Cc1sc2c(I)cccc2c1[N+](=O)[O-]. The minimum Gasteiger partial charge on any atom is -0.258 e. The van der Waals surface area contributed by atoms with E-state index in [-0.39, 0.29) is 10.6 Å². The Morgan fingerprint density at radius 1 is 1.50 bits per heavy atom. The summed E-state index contributed by atoms with van der Waals surface area (Å²) >= 11 is 3.68. The lowest BCUT2D eigenvalue weighted by Gasteiger charge is -1.91. The van der Waals surface area contributed by atoms with Gasteiger partial charge in [0.1, 0.15) is 0 Å². The van der Waals surface area contributed by atoms with Crippen LogP contribution in [-0.2, 0) is 0 Å². The van der Waals surface area contributed by atoms with Crippen molar-refractivity contribution in [1.82, 2.24) is 0 Å². The quantitative estimate of drug-likeness (QED) is 0.457. The molecular formula is C9H6INO2S. The highest BCUT2D eigenvalue weighted by Gasteiger charge is 2.19. The van der Waals surface area contributed by atoms with Crippen molar-refractivity contribution >= 4 is 49.7 Å². The lowest BCUT2D eigenvalue weighted by atomic mass is 10.2. The summed E-state index contributed by atoms with van der Waals surface area (Å²) < 4.78 is 2.08. The first kappa shape index (κ1) is 9.85. The molecule has 0 aliphatic heterocycles. The molecule has 72 valence electrons. The summed E-state index contributed by atoms with van der Waals surface area (Å²) in [6, 6.07) is 5.62. The third kappa shape index (κ3) is 1.40. The molecule has 0 saturated heterocycles. The third-order valence-electron chi connectivity index (χ3n) is 1.99. The van der Waals surface area contributed by atoms with E-state index in [1.807, 2.05) is 12.1 Å². The number of thiophene rings is 1. The number of hydrogen-bond donors (Lipinski definition) is 0. The van der Waals surface area contributed by atoms with E-state index in [0.717, 1.165) is 18.5 Å². The molecule has 0 fully saturated rings. The Labute approximate surface area is 98.0 Å². The molecule has 0 bridgehead atoms. The Morgan fingerprint density at radius 2 is 2.21 bits per heavy atom. The standard InChI is InChI=1S/C9H6INO2S/c1-5-8(11(12)13)6-3-2-4-7(10)9(6)14-5/h2-4H,1H3. The van der Waals surface area contributed by atoms with Gasteiger partial charge in [0.05, 0.1) is 19.9 Å². The van der Waals surface area contributed by atoms with Crippen molar-refractivity contribution in [2.24, 2.45) is 0 Å². The summed E-state index contributed by atoms with van der Waals surface area (Å²) in [6.07, 6.45) is 0. The van der Waals surface area contributed by atoms with E-state index in [2.05, 4.69) is 22.6 Å². The van der Waals surface area contributed by atoms with E-state index in [9.17, 15) is 10.1 Å². The fourth-order valence-corrected chi connectivity index (χ4v) is 3.27. The maximum Gasteiger partial charge on any atom is 0.290 e. The van der Waals surface area contributed by atoms with Crippen LogP contribution in [0.2, 0.25) is 0 Å². The van der Waals surface area contributed by atoms with Gasteiger partial charge in [-0.3, -0.25) is 10.1 Å². The van der Waals surface area contributed by atoms with Gasteiger partial charge in [-0.05, 0) is 41.6 Å². The van der Waals surface area contributed by atoms with Crippen LogP contribution in [0, 0.1) is 20.6 Å².